The number of amides is 1. The molecule has 6 nitrogen and oxygen atoms in total. The number of carbonyl (C=O) groups is 1. The maximum atomic E-state index is 11.8. The van der Waals surface area contributed by atoms with E-state index < -0.39 is 0 Å². The smallest absolute Gasteiger partial charge is 0.262 e. The molecule has 0 aliphatic heterocycles. The average molecular weight is 402 g/mol. The molecule has 0 aliphatic rings. The van der Waals surface area contributed by atoms with E-state index in [2.05, 4.69) is 32.1 Å². The van der Waals surface area contributed by atoms with Crippen LogP contribution in [-0.4, -0.2) is 37.9 Å². The lowest BCUT2D eigenvalue weighted by Gasteiger charge is -2.15. The molecule has 23 heavy (non-hydrogen) atoms. The maximum absolute atomic E-state index is 11.8. The molecule has 1 rings (SSSR count). The van der Waals surface area contributed by atoms with Gasteiger partial charge in [-0.25, -0.2) is 0 Å². The first-order valence-corrected chi connectivity index (χ1v) is 8.03. The van der Waals surface area contributed by atoms with Crippen LogP contribution in [0.4, 0.5) is 0 Å². The van der Waals surface area contributed by atoms with E-state index in [4.69, 9.17) is 21.7 Å². The number of rotatable bonds is 6. The molecule has 3 N–H and O–H groups in total. The number of benzene rings is 1. The molecule has 1 aromatic carbocycles. The lowest BCUT2D eigenvalue weighted by atomic mass is 10.2. The van der Waals surface area contributed by atoms with Gasteiger partial charge < -0.3 is 14.8 Å². The quantitative estimate of drug-likeness (QED) is 0.384. The van der Waals surface area contributed by atoms with Gasteiger partial charge in [0.2, 0.25) is 0 Å². The highest BCUT2D eigenvalue weighted by Gasteiger charge is 2.04. The van der Waals surface area contributed by atoms with E-state index in [1.54, 1.807) is 20.3 Å². The van der Waals surface area contributed by atoms with Gasteiger partial charge in [-0.3, -0.25) is 15.6 Å². The third-order valence-corrected chi connectivity index (χ3v) is 3.41. The normalized spacial score (nSPS) is 11.8. The molecule has 0 unspecified atom stereocenters. The Hall–Kier alpha value is -1.64. The Labute approximate surface area is 149 Å². The van der Waals surface area contributed by atoms with Gasteiger partial charge in [0.15, 0.2) is 5.11 Å². The zero-order valence-corrected chi connectivity index (χ0v) is 15.6. The van der Waals surface area contributed by atoms with Crippen LogP contribution < -0.4 is 20.9 Å². The van der Waals surface area contributed by atoms with Gasteiger partial charge in [0.1, 0.15) is 5.75 Å². The molecule has 0 spiro atoms. The van der Waals surface area contributed by atoms with Crippen molar-refractivity contribution in [3.8, 4) is 5.75 Å². The van der Waals surface area contributed by atoms with Crippen molar-refractivity contribution in [1.82, 2.24) is 16.2 Å². The molecule has 8 heteroatoms. The molecule has 0 bridgehead atoms. The van der Waals surface area contributed by atoms with E-state index >= 15 is 0 Å². The van der Waals surface area contributed by atoms with Gasteiger partial charge in [0.25, 0.3) is 5.91 Å². The van der Waals surface area contributed by atoms with Gasteiger partial charge in [0.05, 0.1) is 13.7 Å². The van der Waals surface area contributed by atoms with Gasteiger partial charge in [-0.05, 0) is 43.4 Å². The van der Waals surface area contributed by atoms with Crippen LogP contribution in [0.1, 0.15) is 12.5 Å². The monoisotopic (exact) mass is 401 g/mol. The van der Waals surface area contributed by atoms with Crippen molar-refractivity contribution in [2.24, 2.45) is 0 Å². The van der Waals surface area contributed by atoms with Crippen LogP contribution in [-0.2, 0) is 9.53 Å². The van der Waals surface area contributed by atoms with E-state index in [-0.39, 0.29) is 11.9 Å². The Morgan fingerprint density at radius 3 is 2.78 bits per heavy atom. The van der Waals surface area contributed by atoms with Crippen LogP contribution in [0.2, 0.25) is 0 Å². The predicted molar refractivity (Wildman–Crippen MR) is 98.1 cm³/mol. The minimum atomic E-state index is -0.337. The minimum Gasteiger partial charge on any atom is -0.496 e. The van der Waals surface area contributed by atoms with Crippen LogP contribution in [0.5, 0.6) is 5.75 Å². The highest BCUT2D eigenvalue weighted by Crippen LogP contribution is 2.23. The fourth-order valence-corrected chi connectivity index (χ4v) is 2.34. The molecule has 0 radical (unpaired) electrons. The largest absolute Gasteiger partial charge is 0.496 e. The van der Waals surface area contributed by atoms with Gasteiger partial charge >= 0.3 is 0 Å². The fraction of sp³-hybridized carbons (Fsp3) is 0.333. The van der Waals surface area contributed by atoms with E-state index in [0.29, 0.717) is 17.5 Å². The Bertz CT molecular complexity index is 581. The van der Waals surface area contributed by atoms with Crippen molar-refractivity contribution in [3.63, 3.8) is 0 Å². The van der Waals surface area contributed by atoms with Crippen molar-refractivity contribution in [2.45, 2.75) is 13.0 Å². The highest BCUT2D eigenvalue weighted by atomic mass is 79.9. The summed E-state index contributed by atoms with van der Waals surface area (Å²) in [5.41, 5.74) is 5.88. The Kier molecular flexibility index (Phi) is 8.60. The zero-order chi connectivity index (χ0) is 17.2. The number of carbonyl (C=O) groups excluding carboxylic acids is 1. The first-order valence-electron chi connectivity index (χ1n) is 6.83. The molecule has 0 fully saturated rings. The summed E-state index contributed by atoms with van der Waals surface area (Å²) in [4.78, 5) is 11.8. The van der Waals surface area contributed by atoms with Crippen LogP contribution >= 0.6 is 28.1 Å². The van der Waals surface area contributed by atoms with Gasteiger partial charge in [0, 0.05) is 29.3 Å². The summed E-state index contributed by atoms with van der Waals surface area (Å²) in [5, 5.41) is 3.28. The number of ether oxygens (including phenoxy) is 2. The lowest BCUT2D eigenvalue weighted by molar-refractivity contribution is -0.116. The molecule has 1 amide bonds. The number of thiocarbonyl (C=S) groups is 1. The number of methoxy groups -OCH3 is 2. The predicted octanol–water partition coefficient (Wildman–Crippen LogP) is 2.00. The summed E-state index contributed by atoms with van der Waals surface area (Å²) in [6.07, 6.45) is 3.04. The zero-order valence-electron chi connectivity index (χ0n) is 13.2. The second-order valence-electron chi connectivity index (χ2n) is 4.66. The van der Waals surface area contributed by atoms with Crippen molar-refractivity contribution in [2.75, 3.05) is 20.8 Å². The highest BCUT2D eigenvalue weighted by molar-refractivity contribution is 9.10. The molecule has 0 aliphatic carbocycles. The van der Waals surface area contributed by atoms with Crippen LogP contribution in [0.25, 0.3) is 6.08 Å². The van der Waals surface area contributed by atoms with Crippen LogP contribution in [0, 0.1) is 0 Å². The summed E-state index contributed by atoms with van der Waals surface area (Å²) < 4.78 is 11.1. The fourth-order valence-electron chi connectivity index (χ4n) is 1.71. The molecule has 1 aromatic rings. The Balaban J connectivity index is 2.50. The lowest BCUT2D eigenvalue weighted by Crippen LogP contribution is -2.49. The summed E-state index contributed by atoms with van der Waals surface area (Å²) in [6, 6.07) is 5.58. The van der Waals surface area contributed by atoms with E-state index in [1.165, 1.54) is 6.08 Å². The summed E-state index contributed by atoms with van der Waals surface area (Å²) in [7, 11) is 3.19. The van der Waals surface area contributed by atoms with Crippen molar-refractivity contribution >= 4 is 45.2 Å². The number of hydrazine groups is 1. The standard InChI is InChI=1S/C15H20BrN3O3S/c1-10(9-21-2)17-15(23)19-18-14(20)7-4-11-8-12(16)5-6-13(11)22-3/h4-8,10H,9H2,1-3H3,(H,18,20)(H2,17,19,23)/b7-4+/t10-/m1/s1. The Morgan fingerprint density at radius 1 is 1.39 bits per heavy atom. The number of nitrogens with one attached hydrogen (secondary N) is 3. The second-order valence-corrected chi connectivity index (χ2v) is 5.99. The molecular weight excluding hydrogens is 382 g/mol. The SMILES string of the molecule is COC[C@@H](C)NC(=S)NNC(=O)/C=C/c1cc(Br)ccc1OC. The molecule has 0 saturated heterocycles. The van der Waals surface area contributed by atoms with E-state index in [0.717, 1.165) is 10.0 Å². The molecular formula is C15H20BrN3O3S. The summed E-state index contributed by atoms with van der Waals surface area (Å²) in [5.74, 6) is 0.339. The van der Waals surface area contributed by atoms with Crippen molar-refractivity contribution in [1.29, 1.82) is 0 Å². The number of hydrogen-bond donors (Lipinski definition) is 3. The van der Waals surface area contributed by atoms with Crippen molar-refractivity contribution < 1.29 is 14.3 Å². The van der Waals surface area contributed by atoms with Gasteiger partial charge in [-0.2, -0.15) is 0 Å². The molecule has 0 saturated carbocycles. The van der Waals surface area contributed by atoms with Crippen LogP contribution in [0.3, 0.4) is 0 Å². The summed E-state index contributed by atoms with van der Waals surface area (Å²) >= 11 is 8.43. The molecule has 126 valence electrons. The minimum absolute atomic E-state index is 0.0402. The topological polar surface area (TPSA) is 71.6 Å². The van der Waals surface area contributed by atoms with E-state index in [1.807, 2.05) is 25.1 Å². The average Bonchev–Trinajstić information content (AvgIpc) is 2.51. The first-order chi connectivity index (χ1) is 11.0. The Morgan fingerprint density at radius 2 is 2.13 bits per heavy atom. The first kappa shape index (κ1) is 19.4. The molecule has 0 aromatic heterocycles. The third-order valence-electron chi connectivity index (χ3n) is 2.70. The summed E-state index contributed by atoms with van der Waals surface area (Å²) in [6.45, 7) is 2.43. The number of hydrogen-bond acceptors (Lipinski definition) is 4. The number of halogens is 1. The third kappa shape index (κ3) is 7.45. The van der Waals surface area contributed by atoms with Gasteiger partial charge in [-0.15, -0.1) is 0 Å². The van der Waals surface area contributed by atoms with E-state index in [9.17, 15) is 4.79 Å². The molecule has 1 atom stereocenters. The molecule has 0 heterocycles. The maximum Gasteiger partial charge on any atom is 0.262 e. The second kappa shape index (κ2) is 10.2. The van der Waals surface area contributed by atoms with Gasteiger partial charge in [-0.1, -0.05) is 15.9 Å². The van der Waals surface area contributed by atoms with Crippen LogP contribution in [0.15, 0.2) is 28.7 Å². The van der Waals surface area contributed by atoms with Crippen molar-refractivity contribution in [3.05, 3.63) is 34.3 Å².